The molecule has 0 spiro atoms. The van der Waals surface area contributed by atoms with E-state index in [0.717, 1.165) is 6.20 Å². The molecule has 33 heavy (non-hydrogen) atoms. The molecule has 0 aromatic carbocycles. The monoisotopic (exact) mass is 463 g/mol. The van der Waals surface area contributed by atoms with Crippen molar-refractivity contribution in [2.45, 2.75) is 24.6 Å². The first-order valence-electron chi connectivity index (χ1n) is 10.0. The fourth-order valence-corrected chi connectivity index (χ4v) is 4.10. The Hall–Kier alpha value is -3.58. The van der Waals surface area contributed by atoms with Gasteiger partial charge < -0.3 is 16.2 Å². The van der Waals surface area contributed by atoms with E-state index in [1.165, 1.54) is 41.5 Å². The van der Waals surface area contributed by atoms with Crippen LogP contribution in [0.4, 0.5) is 24.7 Å². The van der Waals surface area contributed by atoms with Crippen LogP contribution < -0.4 is 11.1 Å². The Labute approximate surface area is 185 Å². The Bertz CT molecular complexity index is 1160. The van der Waals surface area contributed by atoms with Crippen molar-refractivity contribution in [1.29, 1.82) is 0 Å². The van der Waals surface area contributed by atoms with Crippen LogP contribution in [0.15, 0.2) is 43.0 Å². The summed E-state index contributed by atoms with van der Waals surface area (Å²) in [4.78, 5) is 18.5. The summed E-state index contributed by atoms with van der Waals surface area (Å²) in [5, 5.41) is 29.2. The van der Waals surface area contributed by atoms with Crippen molar-refractivity contribution in [3.63, 3.8) is 0 Å². The molecule has 0 bridgehead atoms. The summed E-state index contributed by atoms with van der Waals surface area (Å²) < 4.78 is 43.1. The fourth-order valence-electron chi connectivity index (χ4n) is 4.10. The number of aromatic nitrogens is 4. The fraction of sp³-hybridized carbons (Fsp3) is 0.350. The number of piperidine rings is 1. The SMILES string of the molecule is Nc1nccc(-c2cnn(-c3ccc(C(O)(C4CCNCC4)C(F)(F)F)cn3)c2)c1[N+](=O)[O-]. The largest absolute Gasteiger partial charge is 0.421 e. The molecule has 4 heterocycles. The van der Waals surface area contributed by atoms with Crippen LogP contribution in [0.5, 0.6) is 0 Å². The van der Waals surface area contributed by atoms with Crippen molar-refractivity contribution in [3.8, 4) is 16.9 Å². The molecule has 13 heteroatoms. The second-order valence-electron chi connectivity index (χ2n) is 7.72. The van der Waals surface area contributed by atoms with Gasteiger partial charge in [0.2, 0.25) is 5.82 Å². The maximum Gasteiger partial charge on any atom is 0.421 e. The van der Waals surface area contributed by atoms with Gasteiger partial charge in [-0.2, -0.15) is 18.3 Å². The number of nitrogen functional groups attached to an aromatic ring is 1. The van der Waals surface area contributed by atoms with Crippen molar-refractivity contribution in [3.05, 3.63) is 58.7 Å². The number of hydrogen-bond donors (Lipinski definition) is 3. The number of nitro groups is 1. The van der Waals surface area contributed by atoms with E-state index >= 15 is 0 Å². The number of nitrogens with zero attached hydrogens (tertiary/aromatic N) is 5. The van der Waals surface area contributed by atoms with Gasteiger partial charge in [-0.05, 0) is 38.1 Å². The van der Waals surface area contributed by atoms with Crippen LogP contribution >= 0.6 is 0 Å². The van der Waals surface area contributed by atoms with E-state index in [0.29, 0.717) is 18.7 Å². The topological polar surface area (TPSA) is 145 Å². The van der Waals surface area contributed by atoms with E-state index in [2.05, 4.69) is 20.4 Å². The minimum absolute atomic E-state index is 0.171. The van der Waals surface area contributed by atoms with E-state index in [9.17, 15) is 28.4 Å². The normalized spacial score (nSPS) is 17.0. The molecule has 0 aliphatic carbocycles. The molecule has 10 nitrogen and oxygen atoms in total. The summed E-state index contributed by atoms with van der Waals surface area (Å²) in [5.74, 6) is -1.08. The van der Waals surface area contributed by atoms with Crippen molar-refractivity contribution in [1.82, 2.24) is 25.1 Å². The van der Waals surface area contributed by atoms with Crippen LogP contribution in [0.25, 0.3) is 16.9 Å². The van der Waals surface area contributed by atoms with Crippen LogP contribution in [-0.2, 0) is 5.60 Å². The average Bonchev–Trinajstić information content (AvgIpc) is 3.28. The molecule has 1 aliphatic rings. The van der Waals surface area contributed by atoms with Crippen LogP contribution in [0.3, 0.4) is 0 Å². The third kappa shape index (κ3) is 4.00. The minimum atomic E-state index is -4.88. The first-order chi connectivity index (χ1) is 15.6. The van der Waals surface area contributed by atoms with E-state index < -0.39 is 22.6 Å². The number of pyridine rings is 2. The van der Waals surface area contributed by atoms with Crippen LogP contribution in [0.1, 0.15) is 18.4 Å². The molecule has 0 radical (unpaired) electrons. The van der Waals surface area contributed by atoms with Crippen LogP contribution in [-0.4, -0.2) is 49.0 Å². The lowest BCUT2D eigenvalue weighted by Crippen LogP contribution is -2.51. The number of nitrogens with one attached hydrogen (secondary N) is 1. The quantitative estimate of drug-likeness (QED) is 0.387. The summed E-state index contributed by atoms with van der Waals surface area (Å²) >= 11 is 0. The zero-order valence-corrected chi connectivity index (χ0v) is 17.2. The van der Waals surface area contributed by atoms with Crippen LogP contribution in [0, 0.1) is 16.0 Å². The second kappa shape index (κ2) is 8.41. The third-order valence-electron chi connectivity index (χ3n) is 5.81. The standard InChI is InChI=1S/C20H20F3N7O3/c21-20(22,23)19(31,13-3-6-25-7-4-13)14-1-2-16(27-10-14)29-11-12(9-28-29)15-5-8-26-18(24)17(15)30(32)33/h1-2,5,8-11,13,25,31H,3-4,6-7H2,(H2,24,26). The van der Waals surface area contributed by atoms with Crippen molar-refractivity contribution in [2.24, 2.45) is 5.92 Å². The molecular formula is C20H20F3N7O3. The molecule has 0 amide bonds. The number of anilines is 1. The molecule has 1 aliphatic heterocycles. The molecular weight excluding hydrogens is 443 g/mol. The summed E-state index contributed by atoms with van der Waals surface area (Å²) in [7, 11) is 0. The molecule has 1 unspecified atom stereocenters. The summed E-state index contributed by atoms with van der Waals surface area (Å²) in [6, 6.07) is 3.89. The summed E-state index contributed by atoms with van der Waals surface area (Å²) in [6.07, 6.45) is 0.560. The maximum atomic E-state index is 13.9. The number of alkyl halides is 3. The van der Waals surface area contributed by atoms with E-state index in [4.69, 9.17) is 5.73 Å². The van der Waals surface area contributed by atoms with Gasteiger partial charge in [0.05, 0.1) is 16.7 Å². The van der Waals surface area contributed by atoms with Gasteiger partial charge in [-0.25, -0.2) is 14.6 Å². The molecule has 174 valence electrons. The van der Waals surface area contributed by atoms with Gasteiger partial charge in [-0.3, -0.25) is 10.1 Å². The highest BCUT2D eigenvalue weighted by molar-refractivity contribution is 5.78. The lowest BCUT2D eigenvalue weighted by atomic mass is 9.76. The smallest absolute Gasteiger partial charge is 0.378 e. The first kappa shape index (κ1) is 22.6. The number of nitrogens with two attached hydrogens (primary N) is 1. The van der Waals surface area contributed by atoms with Gasteiger partial charge in [0.15, 0.2) is 11.4 Å². The highest BCUT2D eigenvalue weighted by atomic mass is 19.4. The molecule has 1 fully saturated rings. The average molecular weight is 463 g/mol. The number of rotatable bonds is 5. The lowest BCUT2D eigenvalue weighted by molar-refractivity contribution is -0.383. The number of hydrogen-bond acceptors (Lipinski definition) is 8. The Kier molecular flexibility index (Phi) is 5.76. The van der Waals surface area contributed by atoms with Gasteiger partial charge in [0, 0.05) is 35.6 Å². The van der Waals surface area contributed by atoms with E-state index in [1.807, 2.05) is 0 Å². The third-order valence-corrected chi connectivity index (χ3v) is 5.81. The van der Waals surface area contributed by atoms with Gasteiger partial charge in [0.25, 0.3) is 0 Å². The van der Waals surface area contributed by atoms with Gasteiger partial charge in [-0.15, -0.1) is 0 Å². The van der Waals surface area contributed by atoms with Gasteiger partial charge in [0.1, 0.15) is 0 Å². The van der Waals surface area contributed by atoms with Crippen molar-refractivity contribution >= 4 is 11.5 Å². The molecule has 1 atom stereocenters. The van der Waals surface area contributed by atoms with E-state index in [1.54, 1.807) is 0 Å². The molecule has 0 saturated carbocycles. The zero-order valence-electron chi connectivity index (χ0n) is 17.2. The van der Waals surface area contributed by atoms with Gasteiger partial charge in [-0.1, -0.05) is 6.07 Å². The molecule has 4 rings (SSSR count). The highest BCUT2D eigenvalue weighted by Gasteiger charge is 2.59. The van der Waals surface area contributed by atoms with Crippen molar-refractivity contribution in [2.75, 3.05) is 18.8 Å². The summed E-state index contributed by atoms with van der Waals surface area (Å²) in [6.45, 7) is 0.770. The van der Waals surface area contributed by atoms with E-state index in [-0.39, 0.29) is 41.3 Å². The predicted octanol–water partition coefficient (Wildman–Crippen LogP) is 2.57. The summed E-state index contributed by atoms with van der Waals surface area (Å²) in [5.41, 5.74) is 2.41. The lowest BCUT2D eigenvalue weighted by Gasteiger charge is -2.40. The van der Waals surface area contributed by atoms with Crippen molar-refractivity contribution < 1.29 is 23.2 Å². The second-order valence-corrected chi connectivity index (χ2v) is 7.72. The Morgan fingerprint density at radius 1 is 1.18 bits per heavy atom. The molecule has 3 aromatic rings. The number of aliphatic hydroxyl groups is 1. The first-order valence-corrected chi connectivity index (χ1v) is 10.0. The molecule has 3 aromatic heterocycles. The maximum absolute atomic E-state index is 13.9. The Morgan fingerprint density at radius 2 is 1.91 bits per heavy atom. The zero-order chi connectivity index (χ0) is 23.8. The Morgan fingerprint density at radius 3 is 2.52 bits per heavy atom. The Balaban J connectivity index is 1.67. The molecule has 4 N–H and O–H groups in total. The minimum Gasteiger partial charge on any atom is -0.378 e. The highest BCUT2D eigenvalue weighted by Crippen LogP contribution is 2.47. The van der Waals surface area contributed by atoms with Crippen LogP contribution in [0.2, 0.25) is 0 Å². The number of halogens is 3. The molecule has 1 saturated heterocycles. The predicted molar refractivity (Wildman–Crippen MR) is 111 cm³/mol. The van der Waals surface area contributed by atoms with Gasteiger partial charge >= 0.3 is 11.9 Å².